The SMILES string of the molecule is CC(Cl)(Cl)Cl.CC1=C(C)C([Si](C)(C)C)C(C)=C1C.CC1CC(C)C(C)C1C.C[Si](C)(C)Cl.ClC(Cl)(Cl)Cl. The standard InChI is InChI=1S/C12H22Si.C9H18.C3H9ClSi.C2H3Cl3.CCl4/c1-8-9(2)11(4)12(10(8)3)13(5,6)7;1-6-5-7(2)9(4)8(6)3;1-5(2,3)4;1-2(3,4)5;2-1(3,4)5/h12H,1-7H3;6-9H,5H2,1-4H3;1-3H3;1H3;. The van der Waals surface area contributed by atoms with Crippen molar-refractivity contribution in [3.05, 3.63) is 22.3 Å². The second kappa shape index (κ2) is 18.0. The van der Waals surface area contributed by atoms with Crippen LogP contribution in [0.15, 0.2) is 22.3 Å². The van der Waals surface area contributed by atoms with E-state index in [1.165, 1.54) is 13.3 Å². The summed E-state index contributed by atoms with van der Waals surface area (Å²) in [6.45, 7) is 33.9. The highest BCUT2D eigenvalue weighted by atomic mass is 35.6. The van der Waals surface area contributed by atoms with Gasteiger partial charge >= 0.3 is 0 Å². The van der Waals surface area contributed by atoms with Crippen molar-refractivity contribution >= 4 is 108 Å². The zero-order valence-corrected chi connectivity index (χ0v) is 33.7. The predicted molar refractivity (Wildman–Crippen MR) is 186 cm³/mol. The summed E-state index contributed by atoms with van der Waals surface area (Å²) in [6.07, 6.45) is 1.45. The Labute approximate surface area is 272 Å². The third-order valence-corrected chi connectivity index (χ3v) is 9.44. The van der Waals surface area contributed by atoms with Crippen LogP contribution >= 0.6 is 92.3 Å². The molecule has 2 aliphatic carbocycles. The van der Waals surface area contributed by atoms with Crippen LogP contribution < -0.4 is 0 Å². The molecule has 0 aliphatic heterocycles. The lowest BCUT2D eigenvalue weighted by atomic mass is 9.92. The second-order valence-corrected chi connectivity index (χ2v) is 31.7. The highest BCUT2D eigenvalue weighted by Crippen LogP contribution is 2.46. The molecule has 0 aromatic carbocycles. The highest BCUT2D eigenvalue weighted by Gasteiger charge is 2.35. The molecule has 0 amide bonds. The van der Waals surface area contributed by atoms with Gasteiger partial charge in [0.25, 0.3) is 3.25 Å². The number of alkyl halides is 7. The van der Waals surface area contributed by atoms with Crippen LogP contribution in [0, 0.1) is 23.7 Å². The Bertz CT molecular complexity index is 640. The molecule has 37 heavy (non-hydrogen) atoms. The summed E-state index contributed by atoms with van der Waals surface area (Å²) in [5, 5.41) is 0. The zero-order chi connectivity index (χ0) is 30.9. The maximum absolute atomic E-state index is 5.67. The fourth-order valence-corrected chi connectivity index (χ4v) is 7.73. The van der Waals surface area contributed by atoms with Crippen molar-refractivity contribution in [2.45, 2.75) is 121 Å². The number of halogens is 8. The van der Waals surface area contributed by atoms with Crippen LogP contribution in [0.3, 0.4) is 0 Å². The molecule has 1 saturated carbocycles. The van der Waals surface area contributed by atoms with E-state index < -0.39 is 22.5 Å². The van der Waals surface area contributed by atoms with E-state index in [0.29, 0.717) is 0 Å². The van der Waals surface area contributed by atoms with Crippen molar-refractivity contribution in [3.8, 4) is 0 Å². The molecule has 224 valence electrons. The molecule has 4 unspecified atom stereocenters. The number of hydrogen-bond donors (Lipinski definition) is 0. The molecule has 0 nitrogen and oxygen atoms in total. The van der Waals surface area contributed by atoms with Crippen molar-refractivity contribution < 1.29 is 0 Å². The van der Waals surface area contributed by atoms with Crippen LogP contribution in [0.4, 0.5) is 0 Å². The van der Waals surface area contributed by atoms with Crippen LogP contribution in [-0.4, -0.2) is 22.5 Å². The summed E-state index contributed by atoms with van der Waals surface area (Å²) >= 11 is 40.2. The van der Waals surface area contributed by atoms with Crippen molar-refractivity contribution in [1.82, 2.24) is 0 Å². The molecule has 2 rings (SSSR count). The lowest BCUT2D eigenvalue weighted by Gasteiger charge is -2.28. The average molecular weight is 717 g/mol. The molecule has 4 atom stereocenters. The second-order valence-electron chi connectivity index (χ2n) is 12.6. The van der Waals surface area contributed by atoms with E-state index >= 15 is 0 Å². The van der Waals surface area contributed by atoms with Crippen LogP contribution in [0.2, 0.25) is 44.8 Å². The first-order valence-electron chi connectivity index (χ1n) is 12.8. The highest BCUT2D eigenvalue weighted by molar-refractivity contribution is 7.18. The van der Waals surface area contributed by atoms with Gasteiger partial charge < -0.3 is 0 Å². The number of allylic oxidation sites excluding steroid dienone is 4. The molecule has 0 N–H and O–H groups in total. The Morgan fingerprint density at radius 2 is 0.811 bits per heavy atom. The Morgan fingerprint density at radius 1 is 0.622 bits per heavy atom. The number of rotatable bonds is 1. The zero-order valence-electron chi connectivity index (χ0n) is 25.6. The van der Waals surface area contributed by atoms with Crippen LogP contribution in [0.25, 0.3) is 0 Å². The van der Waals surface area contributed by atoms with Gasteiger partial charge in [-0.2, -0.15) is 11.1 Å². The molecule has 0 bridgehead atoms. The van der Waals surface area contributed by atoms with Gasteiger partial charge in [0.1, 0.15) is 7.38 Å². The summed E-state index contributed by atoms with van der Waals surface area (Å²) in [4.78, 5) is 0. The molecular formula is C27H52Cl8Si2. The van der Waals surface area contributed by atoms with E-state index in [1.54, 1.807) is 22.3 Å². The third kappa shape index (κ3) is 25.7. The molecule has 0 spiro atoms. The molecule has 0 aromatic heterocycles. The Kier molecular flexibility index (Phi) is 21.3. The summed E-state index contributed by atoms with van der Waals surface area (Å²) in [6, 6.07) is 0. The quantitative estimate of drug-likeness (QED) is 0.144. The Hall–Kier alpha value is 2.23. The van der Waals surface area contributed by atoms with E-state index in [9.17, 15) is 0 Å². The maximum Gasteiger partial charge on any atom is 0.266 e. The lowest BCUT2D eigenvalue weighted by molar-refractivity contribution is 0.352. The fraction of sp³-hybridized carbons (Fsp3) is 0.852. The van der Waals surface area contributed by atoms with Crippen LogP contribution in [0.1, 0.15) is 68.7 Å². The van der Waals surface area contributed by atoms with E-state index in [1.807, 2.05) is 0 Å². The van der Waals surface area contributed by atoms with Gasteiger partial charge in [0.15, 0.2) is 3.79 Å². The number of hydrogen-bond acceptors (Lipinski definition) is 0. The fourth-order valence-electron chi connectivity index (χ4n) is 4.70. The minimum Gasteiger partial charge on any atom is -0.168 e. The van der Waals surface area contributed by atoms with Gasteiger partial charge in [-0.1, -0.05) is 159 Å². The molecule has 0 heterocycles. The summed E-state index contributed by atoms with van der Waals surface area (Å²) < 4.78 is -2.69. The molecule has 0 aromatic rings. The van der Waals surface area contributed by atoms with Crippen molar-refractivity contribution in [3.63, 3.8) is 0 Å². The topological polar surface area (TPSA) is 0 Å². The molecule has 2 aliphatic rings. The summed E-state index contributed by atoms with van der Waals surface area (Å²) in [5.74, 6) is 3.85. The van der Waals surface area contributed by atoms with E-state index in [0.717, 1.165) is 29.2 Å². The van der Waals surface area contributed by atoms with Crippen molar-refractivity contribution in [2.75, 3.05) is 0 Å². The molecule has 10 heteroatoms. The largest absolute Gasteiger partial charge is 0.266 e. The van der Waals surface area contributed by atoms with Gasteiger partial charge in [-0.15, -0.1) is 0 Å². The first-order valence-corrected chi connectivity index (χ1v) is 23.5. The summed E-state index contributed by atoms with van der Waals surface area (Å²) in [5.41, 5.74) is 7.16. The van der Waals surface area contributed by atoms with E-state index in [4.69, 9.17) is 92.3 Å². The first-order chi connectivity index (χ1) is 15.9. The molecule has 1 fully saturated rings. The van der Waals surface area contributed by atoms with Gasteiger partial charge in [-0.25, -0.2) is 0 Å². The van der Waals surface area contributed by atoms with Crippen molar-refractivity contribution in [1.29, 1.82) is 0 Å². The van der Waals surface area contributed by atoms with Gasteiger partial charge in [0.05, 0.1) is 8.07 Å². The van der Waals surface area contributed by atoms with Gasteiger partial charge in [-0.05, 0) is 81.4 Å². The minimum atomic E-state index is -1.61. The average Bonchev–Trinajstić information content (AvgIpc) is 2.92. The predicted octanol–water partition coefficient (Wildman–Crippen LogP) is 14.3. The lowest BCUT2D eigenvalue weighted by Crippen LogP contribution is -2.28. The van der Waals surface area contributed by atoms with E-state index in [2.05, 4.69) is 94.7 Å². The van der Waals surface area contributed by atoms with Crippen LogP contribution in [0.5, 0.6) is 0 Å². The van der Waals surface area contributed by atoms with Gasteiger partial charge in [-0.3, -0.25) is 0 Å². The molecule has 0 radical (unpaired) electrons. The minimum absolute atomic E-state index is 0.799. The van der Waals surface area contributed by atoms with Gasteiger partial charge in [0, 0.05) is 0 Å². The molecular weight excluding hydrogens is 664 g/mol. The Morgan fingerprint density at radius 3 is 0.892 bits per heavy atom. The monoisotopic (exact) mass is 712 g/mol. The summed E-state index contributed by atoms with van der Waals surface area (Å²) in [7, 11) is -2.19. The maximum atomic E-state index is 5.67. The molecule has 0 saturated heterocycles. The third-order valence-electron chi connectivity index (χ3n) is 6.85. The van der Waals surface area contributed by atoms with E-state index in [-0.39, 0.29) is 0 Å². The van der Waals surface area contributed by atoms with Crippen LogP contribution in [-0.2, 0) is 0 Å². The smallest absolute Gasteiger partial charge is 0.168 e. The Balaban J connectivity index is -0.000000421. The van der Waals surface area contributed by atoms with Gasteiger partial charge in [0.2, 0.25) is 0 Å². The first kappa shape index (κ1) is 43.7. The normalized spacial score (nSPS) is 24.7. The van der Waals surface area contributed by atoms with Crippen molar-refractivity contribution in [2.24, 2.45) is 23.7 Å².